The van der Waals surface area contributed by atoms with Gasteiger partial charge < -0.3 is 19.7 Å². The van der Waals surface area contributed by atoms with Gasteiger partial charge in [0.05, 0.1) is 13.2 Å². The van der Waals surface area contributed by atoms with Crippen molar-refractivity contribution in [1.82, 2.24) is 10.2 Å². The number of nitrogens with zero attached hydrogens (tertiary/aromatic N) is 2. The van der Waals surface area contributed by atoms with Gasteiger partial charge >= 0.3 is 0 Å². The predicted molar refractivity (Wildman–Crippen MR) is 113 cm³/mol. The van der Waals surface area contributed by atoms with Crippen molar-refractivity contribution in [1.29, 1.82) is 0 Å². The summed E-state index contributed by atoms with van der Waals surface area (Å²) in [6.45, 7) is 6.76. The smallest absolute Gasteiger partial charge is 0.193 e. The fraction of sp³-hybridized carbons (Fsp3) is 0.947. The molecule has 1 unspecified atom stereocenters. The van der Waals surface area contributed by atoms with Crippen molar-refractivity contribution in [3.8, 4) is 0 Å². The van der Waals surface area contributed by atoms with E-state index in [-0.39, 0.29) is 24.0 Å². The van der Waals surface area contributed by atoms with Gasteiger partial charge in [-0.2, -0.15) is 0 Å². The summed E-state index contributed by atoms with van der Waals surface area (Å²) in [5, 5.41) is 3.53. The Morgan fingerprint density at radius 2 is 2.12 bits per heavy atom. The molecule has 6 heteroatoms. The highest BCUT2D eigenvalue weighted by Gasteiger charge is 2.39. The number of likely N-dealkylation sites (tertiary alicyclic amines) is 1. The first-order chi connectivity index (χ1) is 11.8. The van der Waals surface area contributed by atoms with Crippen LogP contribution in [0.25, 0.3) is 0 Å². The molecular formula is C19H36IN3O2. The maximum absolute atomic E-state index is 5.78. The highest BCUT2D eigenvalue weighted by Crippen LogP contribution is 2.43. The zero-order valence-corrected chi connectivity index (χ0v) is 18.1. The number of hydrogen-bond acceptors (Lipinski definition) is 3. The number of guanidine groups is 1. The molecule has 1 N–H and O–H groups in total. The first-order valence-corrected chi connectivity index (χ1v) is 9.92. The van der Waals surface area contributed by atoms with Crippen molar-refractivity contribution in [2.45, 2.75) is 51.4 Å². The highest BCUT2D eigenvalue weighted by atomic mass is 127. The van der Waals surface area contributed by atoms with Crippen LogP contribution in [0.15, 0.2) is 4.99 Å². The normalized spacial score (nSPS) is 26.0. The molecule has 0 radical (unpaired) electrons. The molecule has 1 saturated carbocycles. The number of hydrogen-bond donors (Lipinski definition) is 1. The van der Waals surface area contributed by atoms with Crippen molar-refractivity contribution in [3.63, 3.8) is 0 Å². The third kappa shape index (κ3) is 6.24. The van der Waals surface area contributed by atoms with Gasteiger partial charge in [-0.15, -0.1) is 24.0 Å². The molecule has 2 aliphatic heterocycles. The summed E-state index contributed by atoms with van der Waals surface area (Å²) >= 11 is 0. The molecule has 0 aromatic carbocycles. The minimum atomic E-state index is 0. The Balaban J connectivity index is 0.00000225. The van der Waals surface area contributed by atoms with E-state index in [1.807, 2.05) is 7.05 Å². The van der Waals surface area contributed by atoms with E-state index in [1.54, 1.807) is 0 Å². The van der Waals surface area contributed by atoms with Gasteiger partial charge in [0.2, 0.25) is 0 Å². The van der Waals surface area contributed by atoms with Crippen molar-refractivity contribution in [3.05, 3.63) is 0 Å². The second-order valence-corrected chi connectivity index (χ2v) is 7.86. The van der Waals surface area contributed by atoms with Crippen LogP contribution in [0, 0.1) is 11.3 Å². The molecular weight excluding hydrogens is 429 g/mol. The molecule has 1 spiro atoms. The Labute approximate surface area is 170 Å². The SMILES string of the molecule is CN=C(NCCCOCC1CCOC1)N1CCC2(CCCCC2)C1.I. The van der Waals surface area contributed by atoms with Crippen LogP contribution in [0.1, 0.15) is 51.4 Å². The minimum absolute atomic E-state index is 0. The molecule has 3 aliphatic rings. The van der Waals surface area contributed by atoms with E-state index < -0.39 is 0 Å². The second kappa shape index (κ2) is 10.9. The van der Waals surface area contributed by atoms with E-state index in [1.165, 1.54) is 45.1 Å². The van der Waals surface area contributed by atoms with E-state index in [0.29, 0.717) is 11.3 Å². The maximum atomic E-state index is 5.78. The molecule has 146 valence electrons. The van der Waals surface area contributed by atoms with E-state index in [9.17, 15) is 0 Å². The summed E-state index contributed by atoms with van der Waals surface area (Å²) in [6.07, 6.45) is 10.6. The third-order valence-corrected chi connectivity index (χ3v) is 5.99. The number of halogens is 1. The van der Waals surface area contributed by atoms with Gasteiger partial charge in [-0.05, 0) is 37.5 Å². The van der Waals surface area contributed by atoms with Gasteiger partial charge in [0.15, 0.2) is 5.96 Å². The summed E-state index contributed by atoms with van der Waals surface area (Å²) < 4.78 is 11.1. The van der Waals surface area contributed by atoms with Crippen LogP contribution in [0.2, 0.25) is 0 Å². The summed E-state index contributed by atoms with van der Waals surface area (Å²) in [5.41, 5.74) is 0.586. The lowest BCUT2D eigenvalue weighted by Gasteiger charge is -2.33. The first-order valence-electron chi connectivity index (χ1n) is 9.92. The molecule has 2 saturated heterocycles. The largest absolute Gasteiger partial charge is 0.381 e. The van der Waals surface area contributed by atoms with Crippen molar-refractivity contribution in [2.75, 3.05) is 53.1 Å². The molecule has 1 atom stereocenters. The molecule has 25 heavy (non-hydrogen) atoms. The molecule has 3 rings (SSSR count). The summed E-state index contributed by atoms with van der Waals surface area (Å²) in [7, 11) is 1.91. The third-order valence-electron chi connectivity index (χ3n) is 5.99. The Morgan fingerprint density at radius 1 is 1.28 bits per heavy atom. The zero-order valence-electron chi connectivity index (χ0n) is 15.8. The quantitative estimate of drug-likeness (QED) is 0.283. The van der Waals surface area contributed by atoms with Crippen LogP contribution in [-0.2, 0) is 9.47 Å². The Bertz CT molecular complexity index is 407. The monoisotopic (exact) mass is 465 g/mol. The Morgan fingerprint density at radius 3 is 2.84 bits per heavy atom. The molecule has 0 aromatic rings. The van der Waals surface area contributed by atoms with E-state index in [0.717, 1.165) is 58.3 Å². The van der Waals surface area contributed by atoms with Gasteiger partial charge in [0.1, 0.15) is 0 Å². The molecule has 0 bridgehead atoms. The number of aliphatic imine (C=N–C) groups is 1. The summed E-state index contributed by atoms with van der Waals surface area (Å²) in [6, 6.07) is 0. The lowest BCUT2D eigenvalue weighted by atomic mass is 9.73. The first kappa shape index (κ1) is 21.2. The number of ether oxygens (including phenoxy) is 2. The average Bonchev–Trinajstić information content (AvgIpc) is 3.26. The van der Waals surface area contributed by atoms with Crippen LogP contribution in [-0.4, -0.2) is 64.0 Å². The predicted octanol–water partition coefficient (Wildman–Crippen LogP) is 3.28. The van der Waals surface area contributed by atoms with Crippen molar-refractivity contribution >= 4 is 29.9 Å². The van der Waals surface area contributed by atoms with Gasteiger partial charge in [0, 0.05) is 45.8 Å². The fourth-order valence-corrected chi connectivity index (χ4v) is 4.50. The Kier molecular flexibility index (Phi) is 9.27. The zero-order chi connectivity index (χ0) is 16.7. The molecule has 3 fully saturated rings. The molecule has 0 amide bonds. The van der Waals surface area contributed by atoms with Gasteiger partial charge in [-0.25, -0.2) is 0 Å². The topological polar surface area (TPSA) is 46.1 Å². The van der Waals surface area contributed by atoms with Crippen molar-refractivity contribution < 1.29 is 9.47 Å². The van der Waals surface area contributed by atoms with E-state index >= 15 is 0 Å². The van der Waals surface area contributed by atoms with Crippen LogP contribution in [0.3, 0.4) is 0 Å². The lowest BCUT2D eigenvalue weighted by molar-refractivity contribution is 0.0887. The standard InChI is InChI=1S/C19H35N3O2.HI/c1-20-18(21-10-5-12-23-14-17-6-13-24-15-17)22-11-9-19(16-22)7-3-2-4-8-19;/h17H,2-16H2,1H3,(H,20,21);1H. The molecule has 2 heterocycles. The van der Waals surface area contributed by atoms with Gasteiger partial charge in [-0.1, -0.05) is 19.3 Å². The number of nitrogens with one attached hydrogen (secondary N) is 1. The summed E-state index contributed by atoms with van der Waals surface area (Å²) in [5.74, 6) is 1.70. The maximum Gasteiger partial charge on any atom is 0.193 e. The number of rotatable bonds is 6. The average molecular weight is 465 g/mol. The van der Waals surface area contributed by atoms with Gasteiger partial charge in [-0.3, -0.25) is 4.99 Å². The van der Waals surface area contributed by atoms with Crippen LogP contribution in [0.5, 0.6) is 0 Å². The fourth-order valence-electron chi connectivity index (χ4n) is 4.50. The lowest BCUT2D eigenvalue weighted by Crippen LogP contribution is -2.42. The van der Waals surface area contributed by atoms with E-state index in [4.69, 9.17) is 9.47 Å². The van der Waals surface area contributed by atoms with E-state index in [2.05, 4.69) is 15.2 Å². The minimum Gasteiger partial charge on any atom is -0.381 e. The molecule has 0 aromatic heterocycles. The molecule has 5 nitrogen and oxygen atoms in total. The van der Waals surface area contributed by atoms with Crippen LogP contribution >= 0.6 is 24.0 Å². The van der Waals surface area contributed by atoms with Crippen molar-refractivity contribution in [2.24, 2.45) is 16.3 Å². The van der Waals surface area contributed by atoms with Crippen LogP contribution in [0.4, 0.5) is 0 Å². The molecule has 1 aliphatic carbocycles. The summed E-state index contributed by atoms with van der Waals surface area (Å²) in [4.78, 5) is 6.98. The second-order valence-electron chi connectivity index (χ2n) is 7.86. The highest BCUT2D eigenvalue weighted by molar-refractivity contribution is 14.0. The van der Waals surface area contributed by atoms with Crippen LogP contribution < -0.4 is 5.32 Å². The Hall–Kier alpha value is -0.0800. The van der Waals surface area contributed by atoms with Gasteiger partial charge in [0.25, 0.3) is 0 Å².